The van der Waals surface area contributed by atoms with Gasteiger partial charge in [0.1, 0.15) is 0 Å². The molecule has 0 aliphatic carbocycles. The Morgan fingerprint density at radius 1 is 1.38 bits per heavy atom. The van der Waals surface area contributed by atoms with E-state index in [9.17, 15) is 4.79 Å². The molecule has 3 nitrogen and oxygen atoms in total. The molecule has 0 atom stereocenters. The van der Waals surface area contributed by atoms with Gasteiger partial charge in [-0.2, -0.15) is 0 Å². The van der Waals surface area contributed by atoms with Gasteiger partial charge in [-0.3, -0.25) is 4.79 Å². The van der Waals surface area contributed by atoms with Crippen molar-refractivity contribution in [3.05, 3.63) is 24.3 Å². The molecule has 0 aliphatic rings. The molecule has 1 rings (SSSR count). The number of unbranched alkanes of at least 4 members (excludes halogenated alkanes) is 2. The van der Waals surface area contributed by atoms with Crippen LogP contribution in [0.2, 0.25) is 0 Å². The first-order valence-corrected chi connectivity index (χ1v) is 5.32. The van der Waals surface area contributed by atoms with Gasteiger partial charge in [0.15, 0.2) is 0 Å². The molecular formula is C13H16N2O. The minimum atomic E-state index is -0.0186. The summed E-state index contributed by atoms with van der Waals surface area (Å²) in [4.78, 5) is 11.5. The van der Waals surface area contributed by atoms with Crippen molar-refractivity contribution in [2.45, 2.75) is 25.7 Å². The van der Waals surface area contributed by atoms with E-state index in [1.807, 2.05) is 12.1 Å². The van der Waals surface area contributed by atoms with Crippen LogP contribution < -0.4 is 11.1 Å². The number of nitrogens with one attached hydrogen (secondary N) is 1. The zero-order valence-electron chi connectivity index (χ0n) is 9.20. The summed E-state index contributed by atoms with van der Waals surface area (Å²) < 4.78 is 0. The SMILES string of the molecule is C#CCCCCC(=O)Nc1ccccc1N. The predicted molar refractivity (Wildman–Crippen MR) is 66.8 cm³/mol. The summed E-state index contributed by atoms with van der Waals surface area (Å²) in [5, 5.41) is 2.77. The number of hydrogen-bond acceptors (Lipinski definition) is 2. The molecule has 1 aromatic rings. The molecule has 0 saturated heterocycles. The maximum Gasteiger partial charge on any atom is 0.224 e. The minimum Gasteiger partial charge on any atom is -0.397 e. The highest BCUT2D eigenvalue weighted by Gasteiger charge is 2.03. The number of rotatable bonds is 5. The molecule has 0 bridgehead atoms. The van der Waals surface area contributed by atoms with E-state index in [4.69, 9.17) is 12.2 Å². The molecule has 3 heteroatoms. The van der Waals surface area contributed by atoms with Crippen molar-refractivity contribution in [2.24, 2.45) is 0 Å². The first-order chi connectivity index (χ1) is 7.74. The van der Waals surface area contributed by atoms with E-state index in [1.54, 1.807) is 12.1 Å². The van der Waals surface area contributed by atoms with Crippen LogP contribution in [0.5, 0.6) is 0 Å². The number of para-hydroxylation sites is 2. The molecule has 16 heavy (non-hydrogen) atoms. The summed E-state index contributed by atoms with van der Waals surface area (Å²) in [7, 11) is 0. The van der Waals surface area contributed by atoms with Crippen molar-refractivity contribution < 1.29 is 4.79 Å². The average molecular weight is 216 g/mol. The number of carbonyl (C=O) groups excluding carboxylic acids is 1. The lowest BCUT2D eigenvalue weighted by Crippen LogP contribution is -2.12. The minimum absolute atomic E-state index is 0.0186. The molecule has 0 aromatic heterocycles. The number of benzene rings is 1. The number of nitrogen functional groups attached to an aromatic ring is 1. The van der Waals surface area contributed by atoms with E-state index < -0.39 is 0 Å². The molecule has 0 radical (unpaired) electrons. The van der Waals surface area contributed by atoms with Crippen LogP contribution in [0, 0.1) is 12.3 Å². The number of amides is 1. The van der Waals surface area contributed by atoms with Gasteiger partial charge in [-0.15, -0.1) is 12.3 Å². The van der Waals surface area contributed by atoms with Crippen LogP contribution in [0.4, 0.5) is 11.4 Å². The molecule has 1 amide bonds. The number of carbonyl (C=O) groups is 1. The van der Waals surface area contributed by atoms with Gasteiger partial charge in [-0.05, 0) is 25.0 Å². The third kappa shape index (κ3) is 4.05. The lowest BCUT2D eigenvalue weighted by atomic mass is 10.2. The molecule has 1 aromatic carbocycles. The molecular weight excluding hydrogens is 200 g/mol. The van der Waals surface area contributed by atoms with Crippen molar-refractivity contribution in [1.29, 1.82) is 0 Å². The second kappa shape index (κ2) is 6.52. The Morgan fingerprint density at radius 3 is 2.81 bits per heavy atom. The fraction of sp³-hybridized carbons (Fsp3) is 0.308. The highest BCUT2D eigenvalue weighted by atomic mass is 16.1. The Hall–Kier alpha value is -1.95. The summed E-state index contributed by atoms with van der Waals surface area (Å²) in [5.74, 6) is 2.53. The van der Waals surface area contributed by atoms with Crippen molar-refractivity contribution in [1.82, 2.24) is 0 Å². The Labute approximate surface area is 96.0 Å². The van der Waals surface area contributed by atoms with Gasteiger partial charge in [0.25, 0.3) is 0 Å². The van der Waals surface area contributed by atoms with E-state index >= 15 is 0 Å². The second-order valence-corrected chi connectivity index (χ2v) is 3.55. The molecule has 0 heterocycles. The third-order valence-electron chi connectivity index (χ3n) is 2.21. The van der Waals surface area contributed by atoms with Crippen LogP contribution in [0.15, 0.2) is 24.3 Å². The predicted octanol–water partition coefficient (Wildman–Crippen LogP) is 2.40. The van der Waals surface area contributed by atoms with Crippen LogP contribution in [-0.4, -0.2) is 5.91 Å². The maximum atomic E-state index is 11.5. The number of nitrogens with two attached hydrogens (primary N) is 1. The van der Waals surface area contributed by atoms with Gasteiger partial charge in [0, 0.05) is 12.8 Å². The quantitative estimate of drug-likeness (QED) is 0.451. The molecule has 0 aliphatic heterocycles. The topological polar surface area (TPSA) is 55.1 Å². The van der Waals surface area contributed by atoms with Crippen molar-refractivity contribution in [3.8, 4) is 12.3 Å². The van der Waals surface area contributed by atoms with E-state index in [0.717, 1.165) is 19.3 Å². The number of hydrogen-bond donors (Lipinski definition) is 2. The fourth-order valence-electron chi connectivity index (χ4n) is 1.34. The summed E-state index contributed by atoms with van der Waals surface area (Å²) in [6.07, 6.45) is 8.02. The Kier molecular flexibility index (Phi) is 4.94. The van der Waals surface area contributed by atoms with Gasteiger partial charge in [-0.25, -0.2) is 0 Å². The summed E-state index contributed by atoms with van der Waals surface area (Å²) in [5.41, 5.74) is 6.96. The van der Waals surface area contributed by atoms with Crippen LogP contribution in [0.1, 0.15) is 25.7 Å². The van der Waals surface area contributed by atoms with Crippen molar-refractivity contribution >= 4 is 17.3 Å². The number of terminal acetylenes is 1. The van der Waals surface area contributed by atoms with Gasteiger partial charge >= 0.3 is 0 Å². The lowest BCUT2D eigenvalue weighted by Gasteiger charge is -2.07. The highest BCUT2D eigenvalue weighted by molar-refractivity contribution is 5.93. The van der Waals surface area contributed by atoms with Gasteiger partial charge < -0.3 is 11.1 Å². The molecule has 84 valence electrons. The van der Waals surface area contributed by atoms with Gasteiger partial charge in [0.2, 0.25) is 5.91 Å². The molecule has 3 N–H and O–H groups in total. The van der Waals surface area contributed by atoms with E-state index in [2.05, 4.69) is 11.2 Å². The zero-order valence-corrected chi connectivity index (χ0v) is 9.20. The number of anilines is 2. The Morgan fingerprint density at radius 2 is 2.12 bits per heavy atom. The molecule has 0 unspecified atom stereocenters. The van der Waals surface area contributed by atoms with E-state index in [-0.39, 0.29) is 5.91 Å². The largest absolute Gasteiger partial charge is 0.397 e. The van der Waals surface area contributed by atoms with E-state index in [0.29, 0.717) is 17.8 Å². The van der Waals surface area contributed by atoms with Crippen LogP contribution in [0.3, 0.4) is 0 Å². The zero-order chi connectivity index (χ0) is 11.8. The third-order valence-corrected chi connectivity index (χ3v) is 2.21. The fourth-order valence-corrected chi connectivity index (χ4v) is 1.34. The second-order valence-electron chi connectivity index (χ2n) is 3.55. The van der Waals surface area contributed by atoms with Gasteiger partial charge in [-0.1, -0.05) is 12.1 Å². The van der Waals surface area contributed by atoms with Crippen LogP contribution >= 0.6 is 0 Å². The average Bonchev–Trinajstić information content (AvgIpc) is 2.28. The van der Waals surface area contributed by atoms with Crippen molar-refractivity contribution in [3.63, 3.8) is 0 Å². The van der Waals surface area contributed by atoms with Crippen molar-refractivity contribution in [2.75, 3.05) is 11.1 Å². The van der Waals surface area contributed by atoms with Crippen LogP contribution in [0.25, 0.3) is 0 Å². The Balaban J connectivity index is 2.35. The smallest absolute Gasteiger partial charge is 0.224 e. The van der Waals surface area contributed by atoms with Gasteiger partial charge in [0.05, 0.1) is 11.4 Å². The lowest BCUT2D eigenvalue weighted by molar-refractivity contribution is -0.116. The normalized spacial score (nSPS) is 9.44. The maximum absolute atomic E-state index is 11.5. The molecule has 0 saturated carbocycles. The molecule has 0 fully saturated rings. The standard InChI is InChI=1S/C13H16N2O/c1-2-3-4-5-10-13(16)15-12-9-7-6-8-11(12)14/h1,6-9H,3-5,10,14H2,(H,15,16). The summed E-state index contributed by atoms with van der Waals surface area (Å²) in [6, 6.07) is 7.21. The Bertz CT molecular complexity index is 393. The summed E-state index contributed by atoms with van der Waals surface area (Å²) in [6.45, 7) is 0. The van der Waals surface area contributed by atoms with E-state index in [1.165, 1.54) is 0 Å². The summed E-state index contributed by atoms with van der Waals surface area (Å²) >= 11 is 0. The highest BCUT2D eigenvalue weighted by Crippen LogP contribution is 2.17. The first-order valence-electron chi connectivity index (χ1n) is 5.32. The monoisotopic (exact) mass is 216 g/mol. The van der Waals surface area contributed by atoms with Crippen LogP contribution in [-0.2, 0) is 4.79 Å². The first kappa shape index (κ1) is 12.1. The molecule has 0 spiro atoms.